The second-order valence-electron chi connectivity index (χ2n) is 7.09. The molecule has 0 amide bonds. The van der Waals surface area contributed by atoms with Gasteiger partial charge in [0, 0.05) is 16.5 Å². The highest BCUT2D eigenvalue weighted by atomic mass is 16.3. The number of furan rings is 1. The Morgan fingerprint density at radius 1 is 0.464 bits per heavy atom. The average Bonchev–Trinajstić information content (AvgIpc) is 3.13. The van der Waals surface area contributed by atoms with E-state index >= 15 is 0 Å². The van der Waals surface area contributed by atoms with Crippen molar-refractivity contribution < 1.29 is 4.42 Å². The van der Waals surface area contributed by atoms with E-state index in [1.54, 1.807) is 0 Å². The van der Waals surface area contributed by atoms with Gasteiger partial charge in [-0.1, -0.05) is 72.8 Å². The molecule has 0 bridgehead atoms. The van der Waals surface area contributed by atoms with Crippen LogP contribution in [0.5, 0.6) is 0 Å². The highest BCUT2D eigenvalue weighted by Gasteiger charge is 2.12. The summed E-state index contributed by atoms with van der Waals surface area (Å²) in [5.74, 6) is 0. The Morgan fingerprint density at radius 2 is 1.18 bits per heavy atom. The van der Waals surface area contributed by atoms with Crippen molar-refractivity contribution in [1.82, 2.24) is 0 Å². The first-order valence-corrected chi connectivity index (χ1v) is 9.46. The van der Waals surface area contributed by atoms with Gasteiger partial charge in [-0.15, -0.1) is 0 Å². The van der Waals surface area contributed by atoms with Crippen molar-refractivity contribution in [3.05, 3.63) is 97.1 Å². The van der Waals surface area contributed by atoms with Crippen molar-refractivity contribution in [2.24, 2.45) is 0 Å². The Kier molecular flexibility index (Phi) is 3.20. The van der Waals surface area contributed by atoms with E-state index in [4.69, 9.17) is 4.42 Å². The van der Waals surface area contributed by atoms with Gasteiger partial charge in [0.1, 0.15) is 11.2 Å². The molecule has 1 N–H and O–H groups in total. The fraction of sp³-hybridized carbons (Fsp3) is 0. The van der Waals surface area contributed by atoms with Gasteiger partial charge in [-0.05, 0) is 40.4 Å². The molecular weight excluding hydrogens is 342 g/mol. The van der Waals surface area contributed by atoms with Crippen LogP contribution in [0.2, 0.25) is 0 Å². The van der Waals surface area contributed by atoms with Crippen LogP contribution in [-0.2, 0) is 0 Å². The molecular formula is C26H17NO. The van der Waals surface area contributed by atoms with Crippen LogP contribution in [0.4, 0.5) is 11.4 Å². The van der Waals surface area contributed by atoms with Crippen molar-refractivity contribution in [3.8, 4) is 0 Å². The molecule has 0 radical (unpaired) electrons. The molecule has 1 aromatic heterocycles. The lowest BCUT2D eigenvalue weighted by atomic mass is 10.0. The normalized spacial score (nSPS) is 11.6. The first kappa shape index (κ1) is 15.3. The van der Waals surface area contributed by atoms with Gasteiger partial charge in [0.15, 0.2) is 0 Å². The molecule has 28 heavy (non-hydrogen) atoms. The molecule has 0 atom stereocenters. The second-order valence-corrected chi connectivity index (χ2v) is 7.09. The van der Waals surface area contributed by atoms with E-state index in [0.717, 1.165) is 33.3 Å². The van der Waals surface area contributed by atoms with Crippen LogP contribution in [0.3, 0.4) is 0 Å². The van der Waals surface area contributed by atoms with Gasteiger partial charge in [0.05, 0.1) is 11.1 Å². The minimum Gasteiger partial charge on any atom is -0.456 e. The van der Waals surface area contributed by atoms with Crippen LogP contribution in [0.15, 0.2) is 101 Å². The summed E-state index contributed by atoms with van der Waals surface area (Å²) in [6.45, 7) is 0. The van der Waals surface area contributed by atoms with Gasteiger partial charge in [-0.3, -0.25) is 0 Å². The quantitative estimate of drug-likeness (QED) is 0.321. The summed E-state index contributed by atoms with van der Waals surface area (Å²) in [7, 11) is 0. The molecule has 2 nitrogen and oxygen atoms in total. The molecule has 0 saturated heterocycles. The van der Waals surface area contributed by atoms with Crippen LogP contribution in [0, 0.1) is 0 Å². The van der Waals surface area contributed by atoms with E-state index in [9.17, 15) is 0 Å². The summed E-state index contributed by atoms with van der Waals surface area (Å²) in [5.41, 5.74) is 3.97. The lowest BCUT2D eigenvalue weighted by Gasteiger charge is -2.12. The fourth-order valence-electron chi connectivity index (χ4n) is 4.17. The predicted octanol–water partition coefficient (Wildman–Crippen LogP) is 7.64. The molecule has 0 saturated carbocycles. The molecule has 132 valence electrons. The zero-order valence-corrected chi connectivity index (χ0v) is 15.1. The van der Waals surface area contributed by atoms with Crippen molar-refractivity contribution in [2.45, 2.75) is 0 Å². The van der Waals surface area contributed by atoms with E-state index in [1.807, 2.05) is 24.3 Å². The van der Waals surface area contributed by atoms with E-state index in [0.29, 0.717) is 0 Å². The number of anilines is 2. The molecule has 2 heteroatoms. The number of nitrogens with one attached hydrogen (secondary N) is 1. The lowest BCUT2D eigenvalue weighted by Crippen LogP contribution is -1.92. The first-order valence-electron chi connectivity index (χ1n) is 9.46. The second kappa shape index (κ2) is 5.86. The van der Waals surface area contributed by atoms with Crippen LogP contribution >= 0.6 is 0 Å². The molecule has 0 spiro atoms. The monoisotopic (exact) mass is 359 g/mol. The van der Waals surface area contributed by atoms with Crippen molar-refractivity contribution >= 4 is 54.9 Å². The Balaban J connectivity index is 1.59. The SMILES string of the molecule is c1ccc2c(c1)ccc1c(Nc3cccc4oc5ccccc5c34)cccc12. The Labute approximate surface area is 162 Å². The van der Waals surface area contributed by atoms with E-state index in [1.165, 1.54) is 21.5 Å². The topological polar surface area (TPSA) is 25.2 Å². The maximum atomic E-state index is 6.04. The van der Waals surface area contributed by atoms with Gasteiger partial charge in [0.2, 0.25) is 0 Å². The van der Waals surface area contributed by atoms with E-state index in [2.05, 4.69) is 78.1 Å². The van der Waals surface area contributed by atoms with Crippen LogP contribution < -0.4 is 5.32 Å². The standard InChI is InChI=1S/C26H17NO/c1-2-8-18-17(7-1)15-16-20-19(18)10-5-11-22(20)27-23-12-6-14-25-26(23)21-9-3-4-13-24(21)28-25/h1-16,27H. The fourth-order valence-corrected chi connectivity index (χ4v) is 4.17. The molecule has 0 aliphatic rings. The summed E-state index contributed by atoms with van der Waals surface area (Å²) >= 11 is 0. The number of fused-ring (bicyclic) bond motifs is 6. The van der Waals surface area contributed by atoms with Crippen molar-refractivity contribution in [2.75, 3.05) is 5.32 Å². The van der Waals surface area contributed by atoms with Gasteiger partial charge in [-0.25, -0.2) is 0 Å². The van der Waals surface area contributed by atoms with Gasteiger partial charge in [-0.2, -0.15) is 0 Å². The maximum Gasteiger partial charge on any atom is 0.137 e. The maximum absolute atomic E-state index is 6.04. The molecule has 0 aliphatic heterocycles. The van der Waals surface area contributed by atoms with Crippen LogP contribution in [0.1, 0.15) is 0 Å². The molecule has 0 fully saturated rings. The van der Waals surface area contributed by atoms with Crippen molar-refractivity contribution in [3.63, 3.8) is 0 Å². The zero-order valence-electron chi connectivity index (χ0n) is 15.1. The Bertz CT molecular complexity index is 1490. The summed E-state index contributed by atoms with van der Waals surface area (Å²) in [6, 6.07) is 33.7. The third-order valence-corrected chi connectivity index (χ3v) is 5.46. The largest absolute Gasteiger partial charge is 0.456 e. The van der Waals surface area contributed by atoms with Crippen LogP contribution in [-0.4, -0.2) is 0 Å². The molecule has 0 unspecified atom stereocenters. The highest BCUT2D eigenvalue weighted by Crippen LogP contribution is 2.37. The molecule has 6 rings (SSSR count). The third-order valence-electron chi connectivity index (χ3n) is 5.46. The molecule has 1 heterocycles. The Hall–Kier alpha value is -3.78. The molecule has 0 aliphatic carbocycles. The summed E-state index contributed by atoms with van der Waals surface area (Å²) in [6.07, 6.45) is 0. The number of hydrogen-bond acceptors (Lipinski definition) is 2. The van der Waals surface area contributed by atoms with Crippen LogP contribution in [0.25, 0.3) is 43.5 Å². The molecule has 6 aromatic rings. The summed E-state index contributed by atoms with van der Waals surface area (Å²) in [4.78, 5) is 0. The predicted molar refractivity (Wildman–Crippen MR) is 118 cm³/mol. The van der Waals surface area contributed by atoms with Gasteiger partial charge >= 0.3 is 0 Å². The number of para-hydroxylation sites is 1. The third kappa shape index (κ3) is 2.21. The number of hydrogen-bond donors (Lipinski definition) is 1. The van der Waals surface area contributed by atoms with E-state index in [-0.39, 0.29) is 0 Å². The zero-order chi connectivity index (χ0) is 18.5. The minimum absolute atomic E-state index is 0.900. The molecule has 5 aromatic carbocycles. The number of rotatable bonds is 2. The average molecular weight is 359 g/mol. The summed E-state index contributed by atoms with van der Waals surface area (Å²) in [5, 5.41) is 10.9. The van der Waals surface area contributed by atoms with Gasteiger partial charge in [0.25, 0.3) is 0 Å². The first-order chi connectivity index (χ1) is 13.9. The lowest BCUT2D eigenvalue weighted by molar-refractivity contribution is 0.669. The minimum atomic E-state index is 0.900. The number of benzene rings is 5. The van der Waals surface area contributed by atoms with E-state index < -0.39 is 0 Å². The van der Waals surface area contributed by atoms with Crippen molar-refractivity contribution in [1.29, 1.82) is 0 Å². The smallest absolute Gasteiger partial charge is 0.137 e. The Morgan fingerprint density at radius 3 is 2.14 bits per heavy atom. The van der Waals surface area contributed by atoms with Gasteiger partial charge < -0.3 is 9.73 Å². The highest BCUT2D eigenvalue weighted by molar-refractivity contribution is 6.15. The summed E-state index contributed by atoms with van der Waals surface area (Å²) < 4.78 is 6.04.